The Labute approximate surface area is 238 Å². The van der Waals surface area contributed by atoms with E-state index in [2.05, 4.69) is 54.9 Å². The van der Waals surface area contributed by atoms with Gasteiger partial charge in [0.15, 0.2) is 11.3 Å². The number of halogens is 1. The molecule has 0 atom stereocenters. The second kappa shape index (κ2) is 17.0. The number of terminal acetylenes is 2. The number of alkyl halides is 1. The molecule has 0 aliphatic carbocycles. The summed E-state index contributed by atoms with van der Waals surface area (Å²) in [6.45, 7) is 0.540. The molecule has 2 aliphatic rings. The molecule has 2 aromatic rings. The topological polar surface area (TPSA) is 113 Å². The van der Waals surface area contributed by atoms with Gasteiger partial charge in [0.1, 0.15) is 24.1 Å². The molecule has 0 unspecified atom stereocenters. The largest absolute Gasteiger partial charge is 0.508 e. The number of carbonyl (C=O) groups excluding carboxylic acids is 2. The van der Waals surface area contributed by atoms with E-state index in [0.29, 0.717) is 24.2 Å². The zero-order valence-corrected chi connectivity index (χ0v) is 23.6. The monoisotopic (exact) mass is 627 g/mol. The van der Waals surface area contributed by atoms with E-state index in [4.69, 9.17) is 22.7 Å². The number of carbonyl (C=O) groups is 2. The average molecular weight is 628 g/mol. The van der Waals surface area contributed by atoms with Gasteiger partial charge in [0.2, 0.25) is 0 Å². The van der Waals surface area contributed by atoms with Crippen molar-refractivity contribution in [3.8, 4) is 36.2 Å². The molecule has 1 N–H and O–H groups in total. The predicted molar refractivity (Wildman–Crippen MR) is 157 cm³/mol. The van der Waals surface area contributed by atoms with Crippen LogP contribution in [0.3, 0.4) is 0 Å². The Hall–Kier alpha value is -3.57. The Morgan fingerprint density at radius 2 is 1.24 bits per heavy atom. The molecule has 0 bridgehead atoms. The van der Waals surface area contributed by atoms with Crippen LogP contribution >= 0.6 is 22.6 Å². The van der Waals surface area contributed by atoms with Crippen molar-refractivity contribution in [2.24, 2.45) is 20.5 Å². The third-order valence-electron chi connectivity index (χ3n) is 5.42. The van der Waals surface area contributed by atoms with Gasteiger partial charge in [-0.25, -0.2) is 0 Å². The van der Waals surface area contributed by atoms with E-state index >= 15 is 0 Å². The van der Waals surface area contributed by atoms with Crippen LogP contribution in [0.5, 0.6) is 11.5 Å². The lowest BCUT2D eigenvalue weighted by Gasteiger charge is -2.10. The van der Waals surface area contributed by atoms with E-state index < -0.39 is 0 Å². The molecule has 2 heterocycles. The third kappa shape index (κ3) is 12.1. The van der Waals surface area contributed by atoms with Gasteiger partial charge in [-0.2, -0.15) is 20.5 Å². The molecule has 200 valence electrons. The molecule has 0 radical (unpaired) electrons. The van der Waals surface area contributed by atoms with E-state index in [1.54, 1.807) is 36.4 Å². The van der Waals surface area contributed by atoms with Crippen LogP contribution in [0, 0.1) is 32.1 Å². The summed E-state index contributed by atoms with van der Waals surface area (Å²) in [5.41, 5.74) is 0.871. The number of phenolic OH excluding ortho intramolecular Hbond substituents is 1. The smallest absolute Gasteiger partial charge is 0.195 e. The van der Waals surface area contributed by atoms with E-state index in [-0.39, 0.29) is 24.5 Å². The zero-order chi connectivity index (χ0) is 27.0. The first-order valence-electron chi connectivity index (χ1n) is 11.7. The fraction of sp³-hybridized carbons (Fsp3) is 0.345. The van der Waals surface area contributed by atoms with Crippen molar-refractivity contribution in [3.63, 3.8) is 0 Å². The molecular weight excluding hydrogens is 595 g/mol. The van der Waals surface area contributed by atoms with Gasteiger partial charge in [-0.05, 0) is 48.5 Å². The highest BCUT2D eigenvalue weighted by Gasteiger charge is 2.39. The Bertz CT molecular complexity index is 1140. The molecule has 38 heavy (non-hydrogen) atoms. The normalized spacial score (nSPS) is 14.0. The van der Waals surface area contributed by atoms with Gasteiger partial charge in [-0.3, -0.25) is 9.59 Å². The highest BCUT2D eigenvalue weighted by atomic mass is 127. The van der Waals surface area contributed by atoms with Crippen LogP contribution in [0.1, 0.15) is 59.2 Å². The number of nitrogens with zero attached hydrogens (tertiary/aromatic N) is 4. The maximum absolute atomic E-state index is 10.5. The summed E-state index contributed by atoms with van der Waals surface area (Å²) in [6, 6.07) is 13.1. The molecule has 0 amide bonds. The number of benzene rings is 2. The summed E-state index contributed by atoms with van der Waals surface area (Å²) in [7, 11) is 0. The first-order chi connectivity index (χ1) is 17.9. The minimum atomic E-state index is -0.297. The van der Waals surface area contributed by atoms with E-state index in [9.17, 15) is 9.59 Å². The lowest BCUT2D eigenvalue weighted by molar-refractivity contribution is 0.111. The summed E-state index contributed by atoms with van der Waals surface area (Å²) in [5.74, 6) is 6.12. The number of hydrogen-bond acceptors (Lipinski definition) is 8. The van der Waals surface area contributed by atoms with Crippen LogP contribution in [0.2, 0.25) is 0 Å². The molecule has 0 aromatic heterocycles. The minimum absolute atomic E-state index is 0. The fourth-order valence-electron chi connectivity index (χ4n) is 3.02. The van der Waals surface area contributed by atoms with E-state index in [0.717, 1.165) is 54.9 Å². The quantitative estimate of drug-likeness (QED) is 0.0908. The maximum Gasteiger partial charge on any atom is 0.195 e. The third-order valence-corrected chi connectivity index (χ3v) is 5.96. The van der Waals surface area contributed by atoms with Crippen LogP contribution in [0.15, 0.2) is 69.0 Å². The number of aromatic hydroxyl groups is 1. The molecule has 2 aliphatic heterocycles. The van der Waals surface area contributed by atoms with Gasteiger partial charge in [0, 0.05) is 54.1 Å². The summed E-state index contributed by atoms with van der Waals surface area (Å²) in [5, 5.41) is 24.8. The molecule has 0 spiro atoms. The number of aldehydes is 2. The molecule has 4 rings (SSSR count). The van der Waals surface area contributed by atoms with E-state index in [1.807, 2.05) is 0 Å². The summed E-state index contributed by atoms with van der Waals surface area (Å²) in [6.07, 6.45) is 16.9. The van der Waals surface area contributed by atoms with Gasteiger partial charge in [-0.15, -0.1) is 24.7 Å². The second-order valence-electron chi connectivity index (χ2n) is 8.21. The number of rotatable bonds is 12. The number of hydrogen-bond donors (Lipinski definition) is 1. The molecule has 0 saturated carbocycles. The Morgan fingerprint density at radius 3 is 1.63 bits per heavy atom. The van der Waals surface area contributed by atoms with Crippen LogP contribution in [-0.4, -0.2) is 40.0 Å². The lowest BCUT2D eigenvalue weighted by Crippen LogP contribution is -2.15. The highest BCUT2D eigenvalue weighted by molar-refractivity contribution is 14.1. The SMILES string of the molecule is C#CCCC1(CCI)N=N1.C#CCCC1(CCOc2ccc(C=O)cc2)N=N1.O=Cc1ccc(O)cc1.[CH3-]. The molecule has 8 nitrogen and oxygen atoms in total. The van der Waals surface area contributed by atoms with Crippen LogP contribution in [0.25, 0.3) is 0 Å². The van der Waals surface area contributed by atoms with Gasteiger partial charge < -0.3 is 17.3 Å². The summed E-state index contributed by atoms with van der Waals surface area (Å²) >= 11 is 2.33. The fourth-order valence-corrected chi connectivity index (χ4v) is 3.88. The van der Waals surface area contributed by atoms with Crippen molar-refractivity contribution in [3.05, 3.63) is 67.1 Å². The first kappa shape index (κ1) is 32.5. The predicted octanol–water partition coefficient (Wildman–Crippen LogP) is 6.89. The Balaban J connectivity index is 0.000000307. The van der Waals surface area contributed by atoms with Crippen molar-refractivity contribution < 1.29 is 19.4 Å². The number of phenols is 1. The lowest BCUT2D eigenvalue weighted by atomic mass is 10.1. The van der Waals surface area contributed by atoms with Gasteiger partial charge in [-0.1, -0.05) is 22.6 Å². The van der Waals surface area contributed by atoms with Crippen molar-refractivity contribution >= 4 is 35.2 Å². The molecule has 0 saturated heterocycles. The molecule has 2 aromatic carbocycles. The Morgan fingerprint density at radius 1 is 0.789 bits per heavy atom. The minimum Gasteiger partial charge on any atom is -0.508 e. The summed E-state index contributed by atoms with van der Waals surface area (Å²) in [4.78, 5) is 20.5. The summed E-state index contributed by atoms with van der Waals surface area (Å²) < 4.78 is 6.68. The first-order valence-corrected chi connectivity index (χ1v) is 13.2. The Kier molecular flexibility index (Phi) is 14.6. The van der Waals surface area contributed by atoms with Gasteiger partial charge in [0.05, 0.1) is 6.61 Å². The van der Waals surface area contributed by atoms with Crippen molar-refractivity contribution in [1.29, 1.82) is 0 Å². The highest BCUT2D eigenvalue weighted by Crippen LogP contribution is 2.37. The van der Waals surface area contributed by atoms with Gasteiger partial charge >= 0.3 is 0 Å². The van der Waals surface area contributed by atoms with Crippen molar-refractivity contribution in [2.75, 3.05) is 11.0 Å². The number of ether oxygens (including phenoxy) is 1. The van der Waals surface area contributed by atoms with Gasteiger partial charge in [0.25, 0.3) is 0 Å². The van der Waals surface area contributed by atoms with E-state index in [1.165, 1.54) is 12.1 Å². The van der Waals surface area contributed by atoms with Crippen LogP contribution < -0.4 is 4.74 Å². The molecule has 9 heteroatoms. The van der Waals surface area contributed by atoms with Crippen molar-refractivity contribution in [1.82, 2.24) is 0 Å². The second-order valence-corrected chi connectivity index (χ2v) is 9.29. The maximum atomic E-state index is 10.5. The van der Waals surface area contributed by atoms with Crippen LogP contribution in [0.4, 0.5) is 0 Å². The van der Waals surface area contributed by atoms with Crippen molar-refractivity contribution in [2.45, 2.75) is 49.9 Å². The molecular formula is C29H32IN4O4-. The zero-order valence-electron chi connectivity index (χ0n) is 21.4. The molecule has 0 fully saturated rings. The standard InChI is InChI=1S/C14H14N2O2.C7H9IN2.C7H6O2.CH3/c1-2-3-8-14(15-16-14)9-10-18-13-6-4-12(11-17)5-7-13;1-2-3-4-7(5-6-8)9-10-7;8-5-6-1-3-7(9)4-2-6;/h1,4-7,11H,3,8-10H2;1H,3-6H2;1-5,9H;1H3/q;;;-1. The average Bonchev–Trinajstić information content (AvgIpc) is 3.86. The van der Waals surface area contributed by atoms with Crippen LogP contribution in [-0.2, 0) is 0 Å².